The fourth-order valence-electron chi connectivity index (χ4n) is 3.52. The number of piperidine rings is 1. The normalized spacial score (nSPS) is 34.5. The van der Waals surface area contributed by atoms with E-state index >= 15 is 0 Å². The highest BCUT2D eigenvalue weighted by Gasteiger charge is 2.34. The summed E-state index contributed by atoms with van der Waals surface area (Å²) in [4.78, 5) is 2.67. The van der Waals surface area contributed by atoms with Gasteiger partial charge in [0.2, 0.25) is 0 Å². The molecule has 1 heterocycles. The maximum Gasteiger partial charge on any atom is 0.0247 e. The Morgan fingerprint density at radius 2 is 1.62 bits per heavy atom. The smallest absolute Gasteiger partial charge is 0.0247 e. The van der Waals surface area contributed by atoms with Crippen LogP contribution in [0.15, 0.2) is 0 Å². The summed E-state index contributed by atoms with van der Waals surface area (Å²) in [5.41, 5.74) is 6.68. The van der Waals surface area contributed by atoms with Crippen molar-refractivity contribution in [1.29, 1.82) is 0 Å². The Kier molecular flexibility index (Phi) is 3.60. The van der Waals surface area contributed by atoms with Crippen LogP contribution in [0.5, 0.6) is 0 Å². The van der Waals surface area contributed by atoms with Crippen LogP contribution in [0.1, 0.15) is 52.9 Å². The molecule has 2 nitrogen and oxygen atoms in total. The molecule has 0 aromatic carbocycles. The SMILES string of the molecule is CC(C)(C)C1CCN(C2CCCC2N)CC1. The van der Waals surface area contributed by atoms with Crippen LogP contribution in [0.4, 0.5) is 0 Å². The zero-order valence-electron chi connectivity index (χ0n) is 11.2. The topological polar surface area (TPSA) is 29.3 Å². The third-order valence-electron chi connectivity index (χ3n) is 4.75. The van der Waals surface area contributed by atoms with Crippen molar-refractivity contribution in [3.63, 3.8) is 0 Å². The van der Waals surface area contributed by atoms with Crippen molar-refractivity contribution in [2.45, 2.75) is 65.0 Å². The number of likely N-dealkylation sites (tertiary alicyclic amines) is 1. The number of nitrogens with two attached hydrogens (primary N) is 1. The summed E-state index contributed by atoms with van der Waals surface area (Å²) in [5.74, 6) is 0.904. The maximum absolute atomic E-state index is 6.19. The van der Waals surface area contributed by atoms with Crippen LogP contribution in [0.2, 0.25) is 0 Å². The van der Waals surface area contributed by atoms with Gasteiger partial charge in [0.05, 0.1) is 0 Å². The Morgan fingerprint density at radius 1 is 1.00 bits per heavy atom. The third kappa shape index (κ3) is 2.60. The molecular formula is C14H28N2. The second-order valence-electron chi connectivity index (χ2n) is 6.84. The van der Waals surface area contributed by atoms with Crippen molar-refractivity contribution in [2.24, 2.45) is 17.1 Å². The van der Waals surface area contributed by atoms with Crippen molar-refractivity contribution < 1.29 is 0 Å². The minimum atomic E-state index is 0.450. The van der Waals surface area contributed by atoms with E-state index in [-0.39, 0.29) is 0 Å². The third-order valence-corrected chi connectivity index (χ3v) is 4.75. The second kappa shape index (κ2) is 4.66. The first-order valence-corrected chi connectivity index (χ1v) is 6.98. The lowest BCUT2D eigenvalue weighted by molar-refractivity contribution is 0.0794. The van der Waals surface area contributed by atoms with Gasteiger partial charge in [-0.05, 0) is 50.1 Å². The van der Waals surface area contributed by atoms with Crippen LogP contribution in [0, 0.1) is 11.3 Å². The molecule has 2 unspecified atom stereocenters. The first-order valence-electron chi connectivity index (χ1n) is 6.98. The summed E-state index contributed by atoms with van der Waals surface area (Å²) in [5, 5.41) is 0. The average Bonchev–Trinajstić information content (AvgIpc) is 2.63. The highest BCUT2D eigenvalue weighted by atomic mass is 15.2. The molecular weight excluding hydrogens is 196 g/mol. The van der Waals surface area contributed by atoms with E-state index in [9.17, 15) is 0 Å². The van der Waals surface area contributed by atoms with E-state index in [1.165, 1.54) is 45.2 Å². The molecule has 0 bridgehead atoms. The summed E-state index contributed by atoms with van der Waals surface area (Å²) in [6.45, 7) is 9.71. The Balaban J connectivity index is 1.85. The fourth-order valence-corrected chi connectivity index (χ4v) is 3.52. The summed E-state index contributed by atoms with van der Waals surface area (Å²) in [7, 11) is 0. The van der Waals surface area contributed by atoms with E-state index in [0.717, 1.165) is 5.92 Å². The van der Waals surface area contributed by atoms with E-state index in [1.807, 2.05) is 0 Å². The standard InChI is InChI=1S/C14H28N2/c1-14(2,3)11-7-9-16(10-8-11)13-6-4-5-12(13)15/h11-13H,4-10,15H2,1-3H3. The summed E-state index contributed by atoms with van der Waals surface area (Å²) in [6, 6.07) is 1.15. The van der Waals surface area contributed by atoms with E-state index in [2.05, 4.69) is 25.7 Å². The lowest BCUT2D eigenvalue weighted by Gasteiger charge is -2.42. The largest absolute Gasteiger partial charge is 0.326 e. The number of hydrogen-bond donors (Lipinski definition) is 1. The predicted molar refractivity (Wildman–Crippen MR) is 69.4 cm³/mol. The minimum Gasteiger partial charge on any atom is -0.326 e. The van der Waals surface area contributed by atoms with Gasteiger partial charge in [-0.3, -0.25) is 4.90 Å². The molecule has 1 saturated heterocycles. The predicted octanol–water partition coefficient (Wildman–Crippen LogP) is 2.62. The molecule has 0 aromatic heterocycles. The van der Waals surface area contributed by atoms with Gasteiger partial charge < -0.3 is 5.73 Å². The molecule has 1 aliphatic heterocycles. The van der Waals surface area contributed by atoms with Gasteiger partial charge in [0.25, 0.3) is 0 Å². The van der Waals surface area contributed by atoms with Gasteiger partial charge in [-0.25, -0.2) is 0 Å². The van der Waals surface area contributed by atoms with Gasteiger partial charge in [-0.2, -0.15) is 0 Å². The monoisotopic (exact) mass is 224 g/mol. The van der Waals surface area contributed by atoms with E-state index < -0.39 is 0 Å². The first kappa shape index (κ1) is 12.4. The lowest BCUT2D eigenvalue weighted by Crippen LogP contribution is -2.49. The van der Waals surface area contributed by atoms with E-state index in [1.54, 1.807) is 0 Å². The molecule has 0 aromatic rings. The molecule has 2 N–H and O–H groups in total. The highest BCUT2D eigenvalue weighted by Crippen LogP contribution is 2.36. The number of nitrogens with zero attached hydrogens (tertiary/aromatic N) is 1. The summed E-state index contributed by atoms with van der Waals surface area (Å²) >= 11 is 0. The van der Waals surface area contributed by atoms with Crippen molar-refractivity contribution in [3.05, 3.63) is 0 Å². The van der Waals surface area contributed by atoms with Crippen LogP contribution in [0.3, 0.4) is 0 Å². The molecule has 0 radical (unpaired) electrons. The molecule has 0 amide bonds. The molecule has 0 spiro atoms. The van der Waals surface area contributed by atoms with Gasteiger partial charge in [-0.1, -0.05) is 27.2 Å². The molecule has 2 atom stereocenters. The van der Waals surface area contributed by atoms with E-state index in [4.69, 9.17) is 5.73 Å². The zero-order chi connectivity index (χ0) is 11.8. The summed E-state index contributed by atoms with van der Waals surface area (Å²) in [6.07, 6.45) is 6.65. The average molecular weight is 224 g/mol. The molecule has 2 aliphatic rings. The molecule has 2 rings (SSSR count). The molecule has 2 fully saturated rings. The molecule has 16 heavy (non-hydrogen) atoms. The van der Waals surface area contributed by atoms with Crippen LogP contribution in [-0.4, -0.2) is 30.1 Å². The number of rotatable bonds is 1. The number of hydrogen-bond acceptors (Lipinski definition) is 2. The zero-order valence-corrected chi connectivity index (χ0v) is 11.2. The van der Waals surface area contributed by atoms with Crippen LogP contribution < -0.4 is 5.73 Å². The lowest BCUT2D eigenvalue weighted by atomic mass is 9.75. The van der Waals surface area contributed by atoms with Crippen LogP contribution in [0.25, 0.3) is 0 Å². The minimum absolute atomic E-state index is 0.450. The second-order valence-corrected chi connectivity index (χ2v) is 6.84. The molecule has 1 aliphatic carbocycles. The Hall–Kier alpha value is -0.0800. The summed E-state index contributed by atoms with van der Waals surface area (Å²) < 4.78 is 0. The van der Waals surface area contributed by atoms with Crippen molar-refractivity contribution in [2.75, 3.05) is 13.1 Å². The quantitative estimate of drug-likeness (QED) is 0.742. The Morgan fingerprint density at radius 3 is 2.06 bits per heavy atom. The molecule has 1 saturated carbocycles. The Labute approximate surface area is 101 Å². The van der Waals surface area contributed by atoms with Crippen molar-refractivity contribution in [1.82, 2.24) is 4.90 Å². The maximum atomic E-state index is 6.19. The van der Waals surface area contributed by atoms with Gasteiger partial charge in [0.1, 0.15) is 0 Å². The molecule has 2 heteroatoms. The van der Waals surface area contributed by atoms with Crippen LogP contribution in [-0.2, 0) is 0 Å². The molecule has 94 valence electrons. The highest BCUT2D eigenvalue weighted by molar-refractivity contribution is 4.91. The van der Waals surface area contributed by atoms with Gasteiger partial charge >= 0.3 is 0 Å². The van der Waals surface area contributed by atoms with Gasteiger partial charge in [0.15, 0.2) is 0 Å². The van der Waals surface area contributed by atoms with Crippen molar-refractivity contribution >= 4 is 0 Å². The van der Waals surface area contributed by atoms with Gasteiger partial charge in [0, 0.05) is 12.1 Å². The van der Waals surface area contributed by atoms with E-state index in [0.29, 0.717) is 17.5 Å². The van der Waals surface area contributed by atoms with Gasteiger partial charge in [-0.15, -0.1) is 0 Å². The van der Waals surface area contributed by atoms with Crippen molar-refractivity contribution in [3.8, 4) is 0 Å². The van der Waals surface area contributed by atoms with Crippen LogP contribution >= 0.6 is 0 Å². The first-order chi connectivity index (χ1) is 7.48. The fraction of sp³-hybridized carbons (Fsp3) is 1.00. The Bertz CT molecular complexity index is 223.